The topological polar surface area (TPSA) is 96.4 Å². The number of carbonyl (C=O) groups excluding carboxylic acids is 2. The van der Waals surface area contributed by atoms with Crippen molar-refractivity contribution in [2.75, 3.05) is 26.2 Å². The highest BCUT2D eigenvalue weighted by atomic mass is 16.6. The molecule has 1 atom stereocenters. The Balaban J connectivity index is 1.57. The number of nitrogens with zero attached hydrogens (tertiary/aromatic N) is 2. The van der Waals surface area contributed by atoms with Crippen molar-refractivity contribution in [2.45, 2.75) is 39.4 Å². The molecule has 158 valence electrons. The lowest BCUT2D eigenvalue weighted by atomic mass is 9.65. The van der Waals surface area contributed by atoms with Crippen LogP contribution in [0.25, 0.3) is 0 Å². The van der Waals surface area contributed by atoms with Gasteiger partial charge in [-0.1, -0.05) is 30.3 Å². The van der Waals surface area contributed by atoms with Gasteiger partial charge in [-0.3, -0.25) is 4.79 Å². The number of ether oxygens (including phenoxy) is 2. The Morgan fingerprint density at radius 2 is 1.76 bits per heavy atom. The molecule has 8 nitrogen and oxygen atoms in total. The molecule has 1 aromatic rings. The van der Waals surface area contributed by atoms with Gasteiger partial charge >= 0.3 is 18.2 Å². The summed E-state index contributed by atoms with van der Waals surface area (Å²) in [6.07, 6.45) is -0.445. The van der Waals surface area contributed by atoms with Crippen LogP contribution in [0.1, 0.15) is 32.8 Å². The van der Waals surface area contributed by atoms with Gasteiger partial charge in [-0.15, -0.1) is 0 Å². The number of rotatable bonds is 3. The largest absolute Gasteiger partial charge is 0.481 e. The lowest BCUT2D eigenvalue weighted by Crippen LogP contribution is -2.68. The molecule has 3 rings (SSSR count). The van der Waals surface area contributed by atoms with E-state index < -0.39 is 35.1 Å². The second-order valence-corrected chi connectivity index (χ2v) is 8.83. The molecule has 2 fully saturated rings. The van der Waals surface area contributed by atoms with Gasteiger partial charge in [0.2, 0.25) is 0 Å². The zero-order valence-corrected chi connectivity index (χ0v) is 17.1. The minimum absolute atomic E-state index is 0.0745. The number of aliphatic carboxylic acids is 1. The summed E-state index contributed by atoms with van der Waals surface area (Å²) in [7, 11) is 0. The Hall–Kier alpha value is -2.77. The molecule has 0 bridgehead atoms. The second-order valence-electron chi connectivity index (χ2n) is 8.83. The van der Waals surface area contributed by atoms with Crippen LogP contribution in [0.15, 0.2) is 30.3 Å². The summed E-state index contributed by atoms with van der Waals surface area (Å²) in [5.41, 5.74) is -0.257. The van der Waals surface area contributed by atoms with Crippen LogP contribution < -0.4 is 0 Å². The monoisotopic (exact) mass is 404 g/mol. The number of amides is 2. The predicted molar refractivity (Wildman–Crippen MR) is 104 cm³/mol. The van der Waals surface area contributed by atoms with Crippen molar-refractivity contribution in [3.8, 4) is 0 Å². The highest BCUT2D eigenvalue weighted by molar-refractivity contribution is 5.76. The summed E-state index contributed by atoms with van der Waals surface area (Å²) in [4.78, 5) is 39.5. The Kier molecular flexibility index (Phi) is 5.73. The zero-order chi connectivity index (χ0) is 21.2. The van der Waals surface area contributed by atoms with E-state index in [1.165, 1.54) is 9.80 Å². The van der Waals surface area contributed by atoms with E-state index in [1.54, 1.807) is 20.8 Å². The van der Waals surface area contributed by atoms with E-state index in [2.05, 4.69) is 0 Å². The summed E-state index contributed by atoms with van der Waals surface area (Å²) in [6.45, 7) is 6.65. The van der Waals surface area contributed by atoms with Crippen molar-refractivity contribution >= 4 is 18.2 Å². The molecule has 0 aromatic heterocycles. The molecule has 0 radical (unpaired) electrons. The van der Waals surface area contributed by atoms with Gasteiger partial charge in [-0.2, -0.15) is 0 Å². The van der Waals surface area contributed by atoms with Crippen LogP contribution in [0, 0.1) is 11.3 Å². The van der Waals surface area contributed by atoms with Gasteiger partial charge in [0.15, 0.2) is 0 Å². The molecular formula is C21H28N2O6. The van der Waals surface area contributed by atoms with Crippen LogP contribution in [0.4, 0.5) is 9.59 Å². The number of hydrogen-bond acceptors (Lipinski definition) is 5. The summed E-state index contributed by atoms with van der Waals surface area (Å²) in [5.74, 6) is -1.71. The van der Waals surface area contributed by atoms with Crippen LogP contribution in [0.3, 0.4) is 0 Å². The first kappa shape index (κ1) is 21.0. The van der Waals surface area contributed by atoms with E-state index in [-0.39, 0.29) is 13.2 Å². The first-order chi connectivity index (χ1) is 13.6. The van der Waals surface area contributed by atoms with Crippen LogP contribution in [0.2, 0.25) is 0 Å². The molecule has 1 unspecified atom stereocenters. The fourth-order valence-electron chi connectivity index (χ4n) is 3.90. The third-order valence-corrected chi connectivity index (χ3v) is 5.45. The highest BCUT2D eigenvalue weighted by Crippen LogP contribution is 2.45. The minimum Gasteiger partial charge on any atom is -0.481 e. The SMILES string of the molecule is CC(C)(C)OC(=O)N1CC2(CCN(C(=O)OCc3ccccc3)CC2C(=O)O)C1. The minimum atomic E-state index is -0.964. The van der Waals surface area contributed by atoms with E-state index in [9.17, 15) is 19.5 Å². The molecular weight excluding hydrogens is 376 g/mol. The number of piperidine rings is 1. The zero-order valence-electron chi connectivity index (χ0n) is 17.1. The molecule has 29 heavy (non-hydrogen) atoms. The third kappa shape index (κ3) is 4.81. The quantitative estimate of drug-likeness (QED) is 0.832. The van der Waals surface area contributed by atoms with Crippen molar-refractivity contribution < 1.29 is 29.0 Å². The third-order valence-electron chi connectivity index (χ3n) is 5.45. The van der Waals surface area contributed by atoms with E-state index in [0.29, 0.717) is 26.1 Å². The van der Waals surface area contributed by atoms with Gasteiger partial charge in [-0.05, 0) is 32.8 Å². The van der Waals surface area contributed by atoms with Crippen molar-refractivity contribution in [1.29, 1.82) is 0 Å². The first-order valence-electron chi connectivity index (χ1n) is 9.76. The summed E-state index contributed by atoms with van der Waals surface area (Å²) >= 11 is 0. The number of carbonyl (C=O) groups is 3. The Morgan fingerprint density at radius 3 is 2.34 bits per heavy atom. The van der Waals surface area contributed by atoms with Gasteiger partial charge in [0, 0.05) is 31.6 Å². The Morgan fingerprint density at radius 1 is 1.10 bits per heavy atom. The normalized spacial score (nSPS) is 20.7. The van der Waals surface area contributed by atoms with Crippen molar-refractivity contribution in [3.63, 3.8) is 0 Å². The van der Waals surface area contributed by atoms with E-state index in [4.69, 9.17) is 9.47 Å². The number of likely N-dealkylation sites (tertiary alicyclic amines) is 2. The van der Waals surface area contributed by atoms with Gasteiger partial charge < -0.3 is 24.4 Å². The van der Waals surface area contributed by atoms with E-state index >= 15 is 0 Å². The molecule has 2 aliphatic heterocycles. The Bertz CT molecular complexity index is 767. The molecule has 1 spiro atoms. The van der Waals surface area contributed by atoms with Gasteiger partial charge in [0.25, 0.3) is 0 Å². The molecule has 2 amide bonds. The average molecular weight is 404 g/mol. The highest BCUT2D eigenvalue weighted by Gasteiger charge is 2.56. The fraction of sp³-hybridized carbons (Fsp3) is 0.571. The number of benzene rings is 1. The van der Waals surface area contributed by atoms with Crippen LogP contribution in [-0.2, 0) is 20.9 Å². The summed E-state index contributed by atoms with van der Waals surface area (Å²) < 4.78 is 10.7. The number of hydrogen-bond donors (Lipinski definition) is 1. The predicted octanol–water partition coefficient (Wildman–Crippen LogP) is 2.97. The lowest BCUT2D eigenvalue weighted by Gasteiger charge is -2.56. The Labute approximate surface area is 170 Å². The maximum atomic E-state index is 12.4. The molecule has 1 N–H and O–H groups in total. The molecule has 1 aromatic carbocycles. The molecule has 0 aliphatic carbocycles. The maximum Gasteiger partial charge on any atom is 0.410 e. The van der Waals surface area contributed by atoms with Crippen LogP contribution >= 0.6 is 0 Å². The smallest absolute Gasteiger partial charge is 0.410 e. The van der Waals surface area contributed by atoms with Crippen molar-refractivity contribution in [3.05, 3.63) is 35.9 Å². The standard InChI is InChI=1S/C21H28N2O6/c1-20(2,3)29-19(27)23-13-21(14-23)9-10-22(11-16(21)17(24)25)18(26)28-12-15-7-5-4-6-8-15/h4-8,16H,9-14H2,1-3H3,(H,24,25). The second kappa shape index (κ2) is 7.93. The van der Waals surface area contributed by atoms with Crippen molar-refractivity contribution in [2.24, 2.45) is 11.3 Å². The lowest BCUT2D eigenvalue weighted by molar-refractivity contribution is -0.160. The first-order valence-corrected chi connectivity index (χ1v) is 9.76. The maximum absolute atomic E-state index is 12.4. The van der Waals surface area contributed by atoms with E-state index in [1.807, 2.05) is 30.3 Å². The number of carboxylic acid groups (broad SMARTS) is 1. The van der Waals surface area contributed by atoms with Gasteiger partial charge in [0.1, 0.15) is 12.2 Å². The summed E-state index contributed by atoms with van der Waals surface area (Å²) in [5, 5.41) is 9.74. The van der Waals surface area contributed by atoms with Crippen LogP contribution in [0.5, 0.6) is 0 Å². The summed E-state index contributed by atoms with van der Waals surface area (Å²) in [6, 6.07) is 9.32. The molecule has 2 heterocycles. The molecule has 8 heteroatoms. The molecule has 2 aliphatic rings. The van der Waals surface area contributed by atoms with Crippen LogP contribution in [-0.4, -0.2) is 64.8 Å². The van der Waals surface area contributed by atoms with E-state index in [0.717, 1.165) is 5.56 Å². The number of carboxylic acids is 1. The van der Waals surface area contributed by atoms with Crippen molar-refractivity contribution in [1.82, 2.24) is 9.80 Å². The van der Waals surface area contributed by atoms with Gasteiger partial charge in [0.05, 0.1) is 5.92 Å². The van der Waals surface area contributed by atoms with Gasteiger partial charge in [-0.25, -0.2) is 9.59 Å². The molecule has 2 saturated heterocycles. The average Bonchev–Trinajstić information content (AvgIpc) is 2.63. The fourth-order valence-corrected chi connectivity index (χ4v) is 3.90. The molecule has 0 saturated carbocycles.